The average molecular weight is 202 g/mol. The molecule has 82 valence electrons. The maximum absolute atomic E-state index is 11.0. The lowest BCUT2D eigenvalue weighted by atomic mass is 10.0. The number of esters is 1. The van der Waals surface area contributed by atoms with E-state index in [1.165, 1.54) is 7.11 Å². The Morgan fingerprint density at radius 2 is 2.14 bits per heavy atom. The van der Waals surface area contributed by atoms with Crippen LogP contribution in [0.5, 0.6) is 0 Å². The zero-order valence-corrected chi connectivity index (χ0v) is 8.82. The Bertz CT molecular complexity index is 175. The summed E-state index contributed by atoms with van der Waals surface area (Å²) in [6.07, 6.45) is 1.59. The van der Waals surface area contributed by atoms with Crippen molar-refractivity contribution in [3.63, 3.8) is 0 Å². The average Bonchev–Trinajstić information content (AvgIpc) is 2.26. The molecule has 0 amide bonds. The van der Waals surface area contributed by atoms with E-state index in [0.717, 1.165) is 26.1 Å². The van der Waals surface area contributed by atoms with Gasteiger partial charge < -0.3 is 14.2 Å². The number of carbonyl (C=O) groups excluding carboxylic acids is 1. The second-order valence-electron chi connectivity index (χ2n) is 3.55. The Labute approximate surface area is 84.5 Å². The molecule has 0 aromatic heterocycles. The molecule has 1 rings (SSSR count). The van der Waals surface area contributed by atoms with Gasteiger partial charge in [0.15, 0.2) is 6.10 Å². The van der Waals surface area contributed by atoms with Crippen molar-refractivity contribution in [2.24, 2.45) is 5.92 Å². The Balaban J connectivity index is 2.15. The fraction of sp³-hybridized carbons (Fsp3) is 0.900. The van der Waals surface area contributed by atoms with E-state index in [2.05, 4.69) is 4.74 Å². The van der Waals surface area contributed by atoms with Crippen LogP contribution in [0.4, 0.5) is 0 Å². The first-order chi connectivity index (χ1) is 6.74. The van der Waals surface area contributed by atoms with Gasteiger partial charge in [-0.25, -0.2) is 4.79 Å². The maximum Gasteiger partial charge on any atom is 0.334 e. The van der Waals surface area contributed by atoms with E-state index in [0.29, 0.717) is 12.5 Å². The van der Waals surface area contributed by atoms with Crippen molar-refractivity contribution >= 4 is 5.97 Å². The Morgan fingerprint density at radius 3 is 2.71 bits per heavy atom. The second-order valence-corrected chi connectivity index (χ2v) is 3.55. The summed E-state index contributed by atoms with van der Waals surface area (Å²) in [6, 6.07) is 0. The van der Waals surface area contributed by atoms with Crippen molar-refractivity contribution in [3.05, 3.63) is 0 Å². The van der Waals surface area contributed by atoms with Gasteiger partial charge in [0, 0.05) is 13.2 Å². The molecule has 0 bridgehead atoms. The third kappa shape index (κ3) is 3.64. The first-order valence-corrected chi connectivity index (χ1v) is 5.01. The normalized spacial score (nSPS) is 20.4. The lowest BCUT2D eigenvalue weighted by Gasteiger charge is -2.22. The highest BCUT2D eigenvalue weighted by Gasteiger charge is 2.18. The van der Waals surface area contributed by atoms with Gasteiger partial charge in [-0.15, -0.1) is 0 Å². The number of carbonyl (C=O) groups is 1. The summed E-state index contributed by atoms with van der Waals surface area (Å²) in [6.45, 7) is 3.95. The molecule has 0 aromatic rings. The first kappa shape index (κ1) is 11.5. The van der Waals surface area contributed by atoms with E-state index in [-0.39, 0.29) is 5.97 Å². The topological polar surface area (TPSA) is 44.8 Å². The van der Waals surface area contributed by atoms with E-state index >= 15 is 0 Å². The molecule has 1 aliphatic rings. The fourth-order valence-corrected chi connectivity index (χ4v) is 1.43. The lowest BCUT2D eigenvalue weighted by Crippen LogP contribution is -2.27. The molecule has 4 nitrogen and oxygen atoms in total. The van der Waals surface area contributed by atoms with E-state index in [4.69, 9.17) is 9.47 Å². The van der Waals surface area contributed by atoms with Crippen LogP contribution in [-0.4, -0.2) is 39.0 Å². The van der Waals surface area contributed by atoms with Crippen molar-refractivity contribution in [2.75, 3.05) is 26.9 Å². The maximum atomic E-state index is 11.0. The smallest absolute Gasteiger partial charge is 0.334 e. The summed E-state index contributed by atoms with van der Waals surface area (Å²) in [5.74, 6) is 0.216. The molecule has 0 N–H and O–H groups in total. The number of ether oxygens (including phenoxy) is 3. The van der Waals surface area contributed by atoms with Gasteiger partial charge in [0.1, 0.15) is 0 Å². The highest BCUT2D eigenvalue weighted by Crippen LogP contribution is 2.15. The van der Waals surface area contributed by atoms with Crippen LogP contribution < -0.4 is 0 Å². The van der Waals surface area contributed by atoms with E-state index in [1.807, 2.05) is 0 Å². The van der Waals surface area contributed by atoms with Gasteiger partial charge in [-0.05, 0) is 25.7 Å². The zero-order chi connectivity index (χ0) is 10.4. The van der Waals surface area contributed by atoms with E-state index in [1.54, 1.807) is 6.92 Å². The monoisotopic (exact) mass is 202 g/mol. The van der Waals surface area contributed by atoms with E-state index in [9.17, 15) is 4.79 Å². The molecule has 0 saturated carbocycles. The fourth-order valence-electron chi connectivity index (χ4n) is 1.43. The highest BCUT2D eigenvalue weighted by molar-refractivity contribution is 5.73. The van der Waals surface area contributed by atoms with Crippen LogP contribution in [-0.2, 0) is 19.0 Å². The van der Waals surface area contributed by atoms with Crippen molar-refractivity contribution in [1.82, 2.24) is 0 Å². The second kappa shape index (κ2) is 5.98. The first-order valence-electron chi connectivity index (χ1n) is 5.01. The number of hydrogen-bond donors (Lipinski definition) is 0. The summed E-state index contributed by atoms with van der Waals surface area (Å²) >= 11 is 0. The van der Waals surface area contributed by atoms with Crippen LogP contribution in [0.2, 0.25) is 0 Å². The molecule has 1 saturated heterocycles. The molecule has 0 radical (unpaired) electrons. The predicted molar refractivity (Wildman–Crippen MR) is 51.0 cm³/mol. The Morgan fingerprint density at radius 1 is 1.50 bits per heavy atom. The summed E-state index contributed by atoms with van der Waals surface area (Å²) in [4.78, 5) is 11.0. The number of rotatable bonds is 4. The minimum absolute atomic E-state index is 0.308. The molecular weight excluding hydrogens is 184 g/mol. The molecule has 14 heavy (non-hydrogen) atoms. The molecule has 4 heteroatoms. The van der Waals surface area contributed by atoms with Crippen LogP contribution >= 0.6 is 0 Å². The van der Waals surface area contributed by atoms with Gasteiger partial charge in [0.2, 0.25) is 0 Å². The van der Waals surface area contributed by atoms with Gasteiger partial charge >= 0.3 is 5.97 Å². The Kier molecular flexibility index (Phi) is 4.90. The molecule has 1 fully saturated rings. The molecular formula is C10H18O4. The molecule has 1 atom stereocenters. The SMILES string of the molecule is COC(=O)[C@@H](C)OCC1CCOCC1. The van der Waals surface area contributed by atoms with Crippen molar-refractivity contribution in [1.29, 1.82) is 0 Å². The molecule has 1 heterocycles. The van der Waals surface area contributed by atoms with Gasteiger partial charge in [-0.1, -0.05) is 0 Å². The van der Waals surface area contributed by atoms with Crippen molar-refractivity contribution < 1.29 is 19.0 Å². The highest BCUT2D eigenvalue weighted by atomic mass is 16.6. The van der Waals surface area contributed by atoms with Gasteiger partial charge in [-0.2, -0.15) is 0 Å². The quantitative estimate of drug-likeness (QED) is 0.638. The molecule has 0 aliphatic carbocycles. The lowest BCUT2D eigenvalue weighted by molar-refractivity contribution is -0.154. The van der Waals surface area contributed by atoms with Crippen LogP contribution in [0.15, 0.2) is 0 Å². The molecule has 0 unspecified atom stereocenters. The minimum Gasteiger partial charge on any atom is -0.467 e. The number of hydrogen-bond acceptors (Lipinski definition) is 4. The van der Waals surface area contributed by atoms with Crippen LogP contribution in [0.3, 0.4) is 0 Å². The third-order valence-corrected chi connectivity index (χ3v) is 2.46. The molecule has 0 spiro atoms. The predicted octanol–water partition coefficient (Wildman–Crippen LogP) is 0.991. The standard InChI is InChI=1S/C10H18O4/c1-8(10(11)12-2)14-7-9-3-5-13-6-4-9/h8-9H,3-7H2,1-2H3/t8-/m1/s1. The van der Waals surface area contributed by atoms with Crippen molar-refractivity contribution in [2.45, 2.75) is 25.9 Å². The summed E-state index contributed by atoms with van der Waals surface area (Å²) in [5, 5.41) is 0. The van der Waals surface area contributed by atoms with Crippen LogP contribution in [0, 0.1) is 5.92 Å². The minimum atomic E-state index is -0.456. The Hall–Kier alpha value is -0.610. The zero-order valence-electron chi connectivity index (χ0n) is 8.82. The van der Waals surface area contributed by atoms with Crippen molar-refractivity contribution in [3.8, 4) is 0 Å². The van der Waals surface area contributed by atoms with Crippen LogP contribution in [0.1, 0.15) is 19.8 Å². The molecule has 1 aliphatic heterocycles. The largest absolute Gasteiger partial charge is 0.467 e. The third-order valence-electron chi connectivity index (χ3n) is 2.46. The number of methoxy groups -OCH3 is 1. The van der Waals surface area contributed by atoms with E-state index < -0.39 is 6.10 Å². The van der Waals surface area contributed by atoms with Crippen LogP contribution in [0.25, 0.3) is 0 Å². The molecule has 0 aromatic carbocycles. The summed E-state index contributed by atoms with van der Waals surface area (Å²) < 4.78 is 15.2. The summed E-state index contributed by atoms with van der Waals surface area (Å²) in [7, 11) is 1.37. The van der Waals surface area contributed by atoms with Gasteiger partial charge in [0.05, 0.1) is 13.7 Å². The summed E-state index contributed by atoms with van der Waals surface area (Å²) in [5.41, 5.74) is 0. The van der Waals surface area contributed by atoms with Gasteiger partial charge in [-0.3, -0.25) is 0 Å². The van der Waals surface area contributed by atoms with Gasteiger partial charge in [0.25, 0.3) is 0 Å².